The minimum atomic E-state index is -1.00. The SMILES string of the molecule is Nc1ncnc2c1c(-c1cccs1)cn2[C@@H]1S[C@H](CO)[C@@H](O)[C@H]1O. The zero-order chi connectivity index (χ0) is 16.8. The second-order valence-electron chi connectivity index (χ2n) is 5.61. The van der Waals surface area contributed by atoms with Gasteiger partial charge in [-0.3, -0.25) is 0 Å². The average Bonchev–Trinajstić information content (AvgIpc) is 3.28. The van der Waals surface area contributed by atoms with Crippen LogP contribution in [0.3, 0.4) is 0 Å². The van der Waals surface area contributed by atoms with Gasteiger partial charge in [-0.15, -0.1) is 23.1 Å². The van der Waals surface area contributed by atoms with E-state index in [0.29, 0.717) is 11.5 Å². The van der Waals surface area contributed by atoms with E-state index in [2.05, 4.69) is 9.97 Å². The molecule has 5 N–H and O–H groups in total. The molecule has 0 saturated carbocycles. The number of fused-ring (bicyclic) bond motifs is 1. The van der Waals surface area contributed by atoms with Crippen LogP contribution in [0.15, 0.2) is 30.0 Å². The number of rotatable bonds is 3. The molecule has 1 aliphatic rings. The van der Waals surface area contributed by atoms with Crippen molar-refractivity contribution in [3.63, 3.8) is 0 Å². The standard InChI is InChI=1S/C15H16N4O3S2/c16-13-10-7(8-2-1-3-23-8)4-19(14(10)18-6-17-13)15-12(22)11(21)9(5-20)24-15/h1-4,6,9,11-12,15,20-22H,5H2,(H2,16,17,18)/t9-,11-,12-,15-/m1/s1. The Morgan fingerprint density at radius 3 is 2.75 bits per heavy atom. The Hall–Kier alpha value is -1.65. The fourth-order valence-corrected chi connectivity index (χ4v) is 5.15. The van der Waals surface area contributed by atoms with Crippen LogP contribution in [-0.2, 0) is 0 Å². The van der Waals surface area contributed by atoms with Gasteiger partial charge in [-0.1, -0.05) is 6.07 Å². The largest absolute Gasteiger partial charge is 0.395 e. The number of aromatic nitrogens is 3. The van der Waals surface area contributed by atoms with Gasteiger partial charge in [0.25, 0.3) is 0 Å². The molecule has 1 aliphatic heterocycles. The molecule has 4 rings (SSSR count). The van der Waals surface area contributed by atoms with E-state index in [9.17, 15) is 15.3 Å². The van der Waals surface area contributed by atoms with Gasteiger partial charge in [0, 0.05) is 16.6 Å². The van der Waals surface area contributed by atoms with Crippen molar-refractivity contribution >= 4 is 39.9 Å². The highest BCUT2D eigenvalue weighted by Crippen LogP contribution is 2.45. The first kappa shape index (κ1) is 15.9. The first-order chi connectivity index (χ1) is 11.6. The highest BCUT2D eigenvalue weighted by atomic mass is 32.2. The number of anilines is 1. The Bertz CT molecular complexity index is 867. The van der Waals surface area contributed by atoms with Crippen LogP contribution in [0, 0.1) is 0 Å². The highest BCUT2D eigenvalue weighted by Gasteiger charge is 2.43. The van der Waals surface area contributed by atoms with E-state index in [1.807, 2.05) is 28.3 Å². The van der Waals surface area contributed by atoms with Gasteiger partial charge in [-0.05, 0) is 11.4 Å². The van der Waals surface area contributed by atoms with Crippen molar-refractivity contribution in [2.45, 2.75) is 22.8 Å². The van der Waals surface area contributed by atoms with Gasteiger partial charge in [0.15, 0.2) is 0 Å². The van der Waals surface area contributed by atoms with E-state index >= 15 is 0 Å². The van der Waals surface area contributed by atoms with Crippen LogP contribution < -0.4 is 5.73 Å². The van der Waals surface area contributed by atoms with E-state index in [4.69, 9.17) is 5.73 Å². The lowest BCUT2D eigenvalue weighted by molar-refractivity contribution is 0.0113. The third-order valence-corrected chi connectivity index (χ3v) is 6.68. The van der Waals surface area contributed by atoms with Crippen molar-refractivity contribution < 1.29 is 15.3 Å². The first-order valence-electron chi connectivity index (χ1n) is 7.39. The molecule has 0 spiro atoms. The van der Waals surface area contributed by atoms with Gasteiger partial charge in [0.05, 0.1) is 23.3 Å². The number of thiophene rings is 1. The summed E-state index contributed by atoms with van der Waals surface area (Å²) in [6.07, 6.45) is 1.27. The summed E-state index contributed by atoms with van der Waals surface area (Å²) in [7, 11) is 0. The summed E-state index contributed by atoms with van der Waals surface area (Å²) in [5, 5.41) is 31.7. The predicted octanol–water partition coefficient (Wildman–Crippen LogP) is 1.07. The third kappa shape index (κ3) is 2.32. The summed E-state index contributed by atoms with van der Waals surface area (Å²) in [4.78, 5) is 9.44. The van der Waals surface area contributed by atoms with Gasteiger partial charge in [0.1, 0.15) is 29.3 Å². The number of hydrogen-bond acceptors (Lipinski definition) is 8. The van der Waals surface area contributed by atoms with Crippen molar-refractivity contribution in [2.24, 2.45) is 0 Å². The first-order valence-corrected chi connectivity index (χ1v) is 9.21. The smallest absolute Gasteiger partial charge is 0.147 e. The van der Waals surface area contributed by atoms with Gasteiger partial charge >= 0.3 is 0 Å². The molecule has 7 nitrogen and oxygen atoms in total. The van der Waals surface area contributed by atoms with E-state index in [1.165, 1.54) is 18.1 Å². The maximum atomic E-state index is 10.4. The molecule has 24 heavy (non-hydrogen) atoms. The quantitative estimate of drug-likeness (QED) is 0.549. The van der Waals surface area contributed by atoms with E-state index < -0.39 is 22.8 Å². The number of hydrogen-bond donors (Lipinski definition) is 4. The zero-order valence-corrected chi connectivity index (χ0v) is 14.1. The van der Waals surface area contributed by atoms with Crippen molar-refractivity contribution in [3.8, 4) is 10.4 Å². The molecule has 0 aromatic carbocycles. The van der Waals surface area contributed by atoms with Crippen LogP contribution >= 0.6 is 23.1 Å². The Morgan fingerprint density at radius 2 is 2.08 bits per heavy atom. The van der Waals surface area contributed by atoms with Gasteiger partial charge < -0.3 is 25.6 Å². The van der Waals surface area contributed by atoms with Crippen molar-refractivity contribution in [3.05, 3.63) is 30.0 Å². The molecule has 0 aliphatic carbocycles. The van der Waals surface area contributed by atoms with Gasteiger partial charge in [0.2, 0.25) is 0 Å². The number of aliphatic hydroxyl groups is 3. The minimum Gasteiger partial charge on any atom is -0.395 e. The molecule has 126 valence electrons. The average molecular weight is 364 g/mol. The van der Waals surface area contributed by atoms with Gasteiger partial charge in [-0.2, -0.15) is 0 Å². The summed E-state index contributed by atoms with van der Waals surface area (Å²) < 4.78 is 1.82. The van der Waals surface area contributed by atoms with Crippen molar-refractivity contribution in [2.75, 3.05) is 12.3 Å². The molecule has 1 fully saturated rings. The second kappa shape index (κ2) is 6.01. The summed E-state index contributed by atoms with van der Waals surface area (Å²) >= 11 is 2.91. The summed E-state index contributed by atoms with van der Waals surface area (Å²) in [5.41, 5.74) is 7.57. The molecule has 3 aromatic rings. The third-order valence-electron chi connectivity index (χ3n) is 4.22. The number of nitrogens with two attached hydrogens (primary N) is 1. The van der Waals surface area contributed by atoms with Crippen LogP contribution in [0.4, 0.5) is 5.82 Å². The molecule has 0 radical (unpaired) electrons. The molecule has 3 aromatic heterocycles. The molecule has 4 heterocycles. The van der Waals surface area contributed by atoms with Crippen molar-refractivity contribution in [1.82, 2.24) is 14.5 Å². The predicted molar refractivity (Wildman–Crippen MR) is 94.8 cm³/mol. The Kier molecular flexibility index (Phi) is 3.97. The van der Waals surface area contributed by atoms with Crippen LogP contribution in [0.2, 0.25) is 0 Å². The number of nitrogen functional groups attached to an aromatic ring is 1. The van der Waals surface area contributed by atoms with E-state index in [-0.39, 0.29) is 6.61 Å². The fourth-order valence-electron chi connectivity index (χ4n) is 3.03. The Labute approximate surface area is 145 Å². The molecule has 0 amide bonds. The number of aliphatic hydroxyl groups excluding tert-OH is 3. The number of nitrogens with zero attached hydrogens (tertiary/aromatic N) is 3. The van der Waals surface area contributed by atoms with Crippen LogP contribution in [0.1, 0.15) is 5.37 Å². The number of thioether (sulfide) groups is 1. The van der Waals surface area contributed by atoms with Crippen LogP contribution in [-0.4, -0.2) is 53.9 Å². The fraction of sp³-hybridized carbons (Fsp3) is 0.333. The second-order valence-corrected chi connectivity index (χ2v) is 7.92. The lowest BCUT2D eigenvalue weighted by Gasteiger charge is -2.17. The van der Waals surface area contributed by atoms with Gasteiger partial charge in [-0.25, -0.2) is 9.97 Å². The monoisotopic (exact) mass is 364 g/mol. The zero-order valence-electron chi connectivity index (χ0n) is 12.5. The molecule has 1 saturated heterocycles. The van der Waals surface area contributed by atoms with Crippen LogP contribution in [0.25, 0.3) is 21.5 Å². The summed E-state index contributed by atoms with van der Waals surface area (Å²) in [5.74, 6) is 0.374. The molecule has 0 bridgehead atoms. The Balaban J connectivity index is 1.90. The summed E-state index contributed by atoms with van der Waals surface area (Å²) in [6.45, 7) is -0.201. The topological polar surface area (TPSA) is 117 Å². The molecular weight excluding hydrogens is 348 g/mol. The maximum Gasteiger partial charge on any atom is 0.147 e. The van der Waals surface area contributed by atoms with Crippen molar-refractivity contribution in [1.29, 1.82) is 0 Å². The van der Waals surface area contributed by atoms with E-state index in [1.54, 1.807) is 11.3 Å². The molecule has 9 heteroatoms. The molecule has 4 atom stereocenters. The lowest BCUT2D eigenvalue weighted by Crippen LogP contribution is -2.32. The maximum absolute atomic E-state index is 10.4. The van der Waals surface area contributed by atoms with E-state index in [0.717, 1.165) is 15.8 Å². The summed E-state index contributed by atoms with van der Waals surface area (Å²) in [6, 6.07) is 3.94. The lowest BCUT2D eigenvalue weighted by atomic mass is 10.1. The van der Waals surface area contributed by atoms with Crippen LogP contribution in [0.5, 0.6) is 0 Å². The Morgan fingerprint density at radius 1 is 1.25 bits per heavy atom. The molecular formula is C15H16N4O3S2. The normalized spacial score (nSPS) is 27.1. The highest BCUT2D eigenvalue weighted by molar-refractivity contribution is 8.00. The molecule has 0 unspecified atom stereocenters. The minimum absolute atomic E-state index is 0.201.